The largest absolute Gasteiger partial charge is 0.489 e. The van der Waals surface area contributed by atoms with Gasteiger partial charge >= 0.3 is 5.97 Å². The molecule has 3 nitrogen and oxygen atoms in total. The molecular weight excluding hydrogens is 312 g/mol. The van der Waals surface area contributed by atoms with Gasteiger partial charge in [-0.2, -0.15) is 0 Å². The number of benzene rings is 3. The minimum absolute atomic E-state index is 0.232. The van der Waals surface area contributed by atoms with Crippen LogP contribution in [0.4, 0.5) is 0 Å². The SMILES string of the molecule is COC(=O)Cc1ccc(-c2cccc(OCc3ccccc3)c2)cc1. The molecule has 0 atom stereocenters. The van der Waals surface area contributed by atoms with Crippen molar-refractivity contribution in [3.8, 4) is 16.9 Å². The summed E-state index contributed by atoms with van der Waals surface area (Å²) in [5, 5.41) is 0. The van der Waals surface area contributed by atoms with E-state index in [0.717, 1.165) is 28.0 Å². The first kappa shape index (κ1) is 16.8. The van der Waals surface area contributed by atoms with Crippen LogP contribution in [0.25, 0.3) is 11.1 Å². The van der Waals surface area contributed by atoms with Gasteiger partial charge in [0.15, 0.2) is 0 Å². The van der Waals surface area contributed by atoms with E-state index in [2.05, 4.69) is 0 Å². The first-order chi connectivity index (χ1) is 12.2. The Morgan fingerprint density at radius 1 is 0.800 bits per heavy atom. The summed E-state index contributed by atoms with van der Waals surface area (Å²) < 4.78 is 10.6. The van der Waals surface area contributed by atoms with Gasteiger partial charge in [0.1, 0.15) is 12.4 Å². The Balaban J connectivity index is 1.69. The van der Waals surface area contributed by atoms with E-state index in [4.69, 9.17) is 9.47 Å². The van der Waals surface area contributed by atoms with Gasteiger partial charge in [-0.1, -0.05) is 66.7 Å². The molecule has 0 radical (unpaired) electrons. The molecule has 0 aliphatic heterocycles. The van der Waals surface area contributed by atoms with Crippen molar-refractivity contribution in [3.63, 3.8) is 0 Å². The molecule has 3 rings (SSSR count). The number of rotatable bonds is 6. The van der Waals surface area contributed by atoms with E-state index in [-0.39, 0.29) is 12.4 Å². The lowest BCUT2D eigenvalue weighted by molar-refractivity contribution is -0.139. The Labute approximate surface area is 147 Å². The van der Waals surface area contributed by atoms with Gasteiger partial charge in [0.05, 0.1) is 13.5 Å². The van der Waals surface area contributed by atoms with Crippen LogP contribution >= 0.6 is 0 Å². The van der Waals surface area contributed by atoms with Crippen molar-refractivity contribution in [2.75, 3.05) is 7.11 Å². The quantitative estimate of drug-likeness (QED) is 0.617. The summed E-state index contributed by atoms with van der Waals surface area (Å²) in [4.78, 5) is 11.3. The van der Waals surface area contributed by atoms with Crippen molar-refractivity contribution in [3.05, 3.63) is 90.0 Å². The predicted molar refractivity (Wildman–Crippen MR) is 98.4 cm³/mol. The van der Waals surface area contributed by atoms with E-state index in [1.807, 2.05) is 78.9 Å². The fourth-order valence-corrected chi connectivity index (χ4v) is 2.56. The van der Waals surface area contributed by atoms with Crippen molar-refractivity contribution >= 4 is 5.97 Å². The average Bonchev–Trinajstić information content (AvgIpc) is 2.68. The molecule has 3 heteroatoms. The highest BCUT2D eigenvalue weighted by molar-refractivity contribution is 5.73. The molecule has 0 saturated heterocycles. The molecule has 0 aliphatic rings. The number of esters is 1. The summed E-state index contributed by atoms with van der Waals surface area (Å²) in [7, 11) is 1.40. The van der Waals surface area contributed by atoms with Gasteiger partial charge in [-0.15, -0.1) is 0 Å². The Hall–Kier alpha value is -3.07. The second kappa shape index (κ2) is 8.15. The molecule has 126 valence electrons. The van der Waals surface area contributed by atoms with Crippen LogP contribution in [0, 0.1) is 0 Å². The van der Waals surface area contributed by atoms with Crippen LogP contribution in [-0.4, -0.2) is 13.1 Å². The Bertz CT molecular complexity index is 823. The second-order valence-corrected chi connectivity index (χ2v) is 5.75. The average molecular weight is 332 g/mol. The molecule has 0 amide bonds. The van der Waals surface area contributed by atoms with Crippen LogP contribution in [0.5, 0.6) is 5.75 Å². The Morgan fingerprint density at radius 2 is 1.56 bits per heavy atom. The molecule has 0 N–H and O–H groups in total. The first-order valence-electron chi connectivity index (χ1n) is 8.17. The minimum atomic E-state index is -0.232. The molecule has 0 fully saturated rings. The van der Waals surface area contributed by atoms with Crippen LogP contribution in [0.15, 0.2) is 78.9 Å². The molecule has 0 aliphatic carbocycles. The molecule has 0 saturated carbocycles. The van der Waals surface area contributed by atoms with Gasteiger partial charge in [-0.3, -0.25) is 4.79 Å². The lowest BCUT2D eigenvalue weighted by Gasteiger charge is -2.09. The van der Waals surface area contributed by atoms with Crippen molar-refractivity contribution in [1.82, 2.24) is 0 Å². The monoisotopic (exact) mass is 332 g/mol. The van der Waals surface area contributed by atoms with Gasteiger partial charge in [-0.25, -0.2) is 0 Å². The summed E-state index contributed by atoms with van der Waals surface area (Å²) in [6.45, 7) is 0.544. The maximum absolute atomic E-state index is 11.3. The predicted octanol–water partition coefficient (Wildman–Crippen LogP) is 4.65. The third-order valence-electron chi connectivity index (χ3n) is 3.95. The third-order valence-corrected chi connectivity index (χ3v) is 3.95. The van der Waals surface area contributed by atoms with Crippen LogP contribution in [0.2, 0.25) is 0 Å². The third kappa shape index (κ3) is 4.70. The van der Waals surface area contributed by atoms with Crippen LogP contribution < -0.4 is 4.74 Å². The highest BCUT2D eigenvalue weighted by atomic mass is 16.5. The topological polar surface area (TPSA) is 35.5 Å². The van der Waals surface area contributed by atoms with Gasteiger partial charge in [0, 0.05) is 0 Å². The zero-order chi connectivity index (χ0) is 17.5. The van der Waals surface area contributed by atoms with E-state index in [0.29, 0.717) is 6.61 Å². The first-order valence-corrected chi connectivity index (χ1v) is 8.17. The number of ether oxygens (including phenoxy) is 2. The number of methoxy groups -OCH3 is 1. The van der Waals surface area contributed by atoms with Gasteiger partial charge in [-0.05, 0) is 34.4 Å². The van der Waals surface area contributed by atoms with E-state index < -0.39 is 0 Å². The molecule has 3 aromatic rings. The van der Waals surface area contributed by atoms with Crippen molar-refractivity contribution < 1.29 is 14.3 Å². The van der Waals surface area contributed by atoms with E-state index in [1.165, 1.54) is 7.11 Å². The normalized spacial score (nSPS) is 10.3. The number of carbonyl (C=O) groups is 1. The molecule has 25 heavy (non-hydrogen) atoms. The second-order valence-electron chi connectivity index (χ2n) is 5.75. The molecule has 0 spiro atoms. The zero-order valence-corrected chi connectivity index (χ0v) is 14.1. The van der Waals surface area contributed by atoms with Gasteiger partial charge < -0.3 is 9.47 Å². The lowest BCUT2D eigenvalue weighted by Crippen LogP contribution is -2.04. The molecule has 0 unspecified atom stereocenters. The Kier molecular flexibility index (Phi) is 5.47. The molecular formula is C22H20O3. The van der Waals surface area contributed by atoms with Crippen LogP contribution in [-0.2, 0) is 22.6 Å². The summed E-state index contributed by atoms with van der Waals surface area (Å²) in [5.74, 6) is 0.601. The number of carbonyl (C=O) groups excluding carboxylic acids is 1. The highest BCUT2D eigenvalue weighted by Gasteiger charge is 2.04. The summed E-state index contributed by atoms with van der Waals surface area (Å²) in [6, 6.07) is 26.0. The van der Waals surface area contributed by atoms with Crippen molar-refractivity contribution in [2.45, 2.75) is 13.0 Å². The molecule has 3 aromatic carbocycles. The van der Waals surface area contributed by atoms with Crippen LogP contribution in [0.1, 0.15) is 11.1 Å². The lowest BCUT2D eigenvalue weighted by atomic mass is 10.0. The summed E-state index contributed by atoms with van der Waals surface area (Å²) in [5.41, 5.74) is 4.24. The van der Waals surface area contributed by atoms with Crippen molar-refractivity contribution in [2.24, 2.45) is 0 Å². The molecule has 0 bridgehead atoms. The molecule has 0 heterocycles. The smallest absolute Gasteiger partial charge is 0.309 e. The maximum atomic E-state index is 11.3. The fraction of sp³-hybridized carbons (Fsp3) is 0.136. The highest BCUT2D eigenvalue weighted by Crippen LogP contribution is 2.25. The Morgan fingerprint density at radius 3 is 2.28 bits per heavy atom. The zero-order valence-electron chi connectivity index (χ0n) is 14.1. The molecule has 0 aromatic heterocycles. The van der Waals surface area contributed by atoms with E-state index in [9.17, 15) is 4.79 Å². The number of hydrogen-bond donors (Lipinski definition) is 0. The number of hydrogen-bond acceptors (Lipinski definition) is 3. The van der Waals surface area contributed by atoms with Gasteiger partial charge in [0.2, 0.25) is 0 Å². The minimum Gasteiger partial charge on any atom is -0.489 e. The van der Waals surface area contributed by atoms with Gasteiger partial charge in [0.25, 0.3) is 0 Å². The standard InChI is InChI=1S/C22H20O3/c1-24-22(23)14-17-10-12-19(13-11-17)20-8-5-9-21(15-20)25-16-18-6-3-2-4-7-18/h2-13,15H,14,16H2,1H3. The van der Waals surface area contributed by atoms with E-state index in [1.54, 1.807) is 0 Å². The summed E-state index contributed by atoms with van der Waals surface area (Å²) in [6.07, 6.45) is 0.289. The fourth-order valence-electron chi connectivity index (χ4n) is 2.56. The van der Waals surface area contributed by atoms with E-state index >= 15 is 0 Å². The maximum Gasteiger partial charge on any atom is 0.309 e. The summed E-state index contributed by atoms with van der Waals surface area (Å²) >= 11 is 0. The van der Waals surface area contributed by atoms with Crippen LogP contribution in [0.3, 0.4) is 0 Å². The van der Waals surface area contributed by atoms with Crippen molar-refractivity contribution in [1.29, 1.82) is 0 Å².